The van der Waals surface area contributed by atoms with E-state index in [1.165, 1.54) is 11.2 Å². The molecule has 6 nitrogen and oxygen atoms in total. The van der Waals surface area contributed by atoms with Crippen LogP contribution < -0.4 is 10.2 Å². The van der Waals surface area contributed by atoms with Crippen LogP contribution in [0.1, 0.15) is 25.5 Å². The maximum Gasteiger partial charge on any atom is 0.401 e. The highest BCUT2D eigenvalue weighted by atomic mass is 35.5. The van der Waals surface area contributed by atoms with E-state index in [0.717, 1.165) is 5.56 Å². The van der Waals surface area contributed by atoms with Crippen LogP contribution in [-0.4, -0.2) is 64.4 Å². The van der Waals surface area contributed by atoms with Crippen molar-refractivity contribution in [3.8, 4) is 0 Å². The zero-order valence-corrected chi connectivity index (χ0v) is 17.6. The molecule has 0 spiro atoms. The predicted octanol–water partition coefficient (Wildman–Crippen LogP) is 3.74. The molecule has 30 heavy (non-hydrogen) atoms. The Labute approximate surface area is 178 Å². The lowest BCUT2D eigenvalue weighted by Crippen LogP contribution is -2.61. The zero-order valence-electron chi connectivity index (χ0n) is 16.8. The van der Waals surface area contributed by atoms with Crippen LogP contribution in [0, 0.1) is 0 Å². The number of halogens is 4. The van der Waals surface area contributed by atoms with E-state index in [1.54, 1.807) is 44.2 Å². The van der Waals surface area contributed by atoms with Crippen molar-refractivity contribution in [1.29, 1.82) is 0 Å². The van der Waals surface area contributed by atoms with Crippen LogP contribution >= 0.6 is 11.6 Å². The number of aromatic nitrogens is 2. The Bertz CT molecular complexity index is 847. The van der Waals surface area contributed by atoms with Crippen molar-refractivity contribution in [2.45, 2.75) is 31.7 Å². The minimum absolute atomic E-state index is 0.239. The fourth-order valence-electron chi connectivity index (χ4n) is 3.52. The Balaban J connectivity index is 1.62. The summed E-state index contributed by atoms with van der Waals surface area (Å²) in [7, 11) is 0. The molecule has 1 atom stereocenters. The van der Waals surface area contributed by atoms with Crippen LogP contribution in [-0.2, 0) is 0 Å². The number of anilines is 2. The van der Waals surface area contributed by atoms with Crippen molar-refractivity contribution in [1.82, 2.24) is 14.9 Å². The van der Waals surface area contributed by atoms with E-state index in [9.17, 15) is 18.3 Å². The Kier molecular flexibility index (Phi) is 6.74. The van der Waals surface area contributed by atoms with Gasteiger partial charge in [-0.3, -0.25) is 4.90 Å². The molecule has 1 fully saturated rings. The van der Waals surface area contributed by atoms with Crippen LogP contribution in [0.4, 0.5) is 24.8 Å². The van der Waals surface area contributed by atoms with Gasteiger partial charge in [0.1, 0.15) is 18.0 Å². The van der Waals surface area contributed by atoms with Gasteiger partial charge in [-0.1, -0.05) is 23.7 Å². The molecule has 0 aliphatic carbocycles. The maximum atomic E-state index is 12.8. The van der Waals surface area contributed by atoms with Gasteiger partial charge in [0.05, 0.1) is 12.6 Å². The molecule has 2 N–H and O–H groups in total. The number of piperazine rings is 1. The number of benzene rings is 1. The van der Waals surface area contributed by atoms with Crippen molar-refractivity contribution in [2.24, 2.45) is 0 Å². The number of nitrogens with one attached hydrogen (secondary N) is 1. The van der Waals surface area contributed by atoms with Crippen LogP contribution in [0.3, 0.4) is 0 Å². The molecule has 1 saturated heterocycles. The average Bonchev–Trinajstić information content (AvgIpc) is 2.67. The summed E-state index contributed by atoms with van der Waals surface area (Å²) in [5.41, 5.74) is 0.0700. The highest BCUT2D eigenvalue weighted by Crippen LogP contribution is 2.28. The summed E-state index contributed by atoms with van der Waals surface area (Å²) in [5, 5.41) is 14.0. The Morgan fingerprint density at radius 2 is 1.90 bits per heavy atom. The van der Waals surface area contributed by atoms with E-state index in [-0.39, 0.29) is 13.1 Å². The van der Waals surface area contributed by atoms with Crippen molar-refractivity contribution in [3.05, 3.63) is 47.2 Å². The first kappa shape index (κ1) is 22.6. The number of hydrogen-bond donors (Lipinski definition) is 2. The Hall–Kier alpha value is -2.10. The third-order valence-corrected chi connectivity index (χ3v) is 5.40. The highest BCUT2D eigenvalue weighted by Gasteiger charge is 2.40. The van der Waals surface area contributed by atoms with Gasteiger partial charge in [0, 0.05) is 42.8 Å². The van der Waals surface area contributed by atoms with E-state index in [1.807, 2.05) is 4.90 Å². The van der Waals surface area contributed by atoms with Crippen molar-refractivity contribution < 1.29 is 18.3 Å². The van der Waals surface area contributed by atoms with Gasteiger partial charge in [-0.2, -0.15) is 13.2 Å². The molecule has 0 bridgehead atoms. The van der Waals surface area contributed by atoms with Crippen molar-refractivity contribution in [3.63, 3.8) is 0 Å². The topological polar surface area (TPSA) is 64.5 Å². The minimum atomic E-state index is -4.23. The minimum Gasteiger partial charge on any atom is -0.387 e. The van der Waals surface area contributed by atoms with Gasteiger partial charge in [0.15, 0.2) is 0 Å². The standard InChI is InChI=1S/C20H25ClF3N5O/c1-19(2)11-28(7-8-29(19)12-20(22,23)24)18-9-17(26-13-27-18)25-10-16(30)14-3-5-15(21)6-4-14/h3-6,9,13,16,30H,7-8,10-12H2,1-2H3,(H,25,26,27). The Morgan fingerprint density at radius 1 is 1.20 bits per heavy atom. The average molecular weight is 444 g/mol. The molecule has 1 unspecified atom stereocenters. The molecule has 0 radical (unpaired) electrons. The van der Waals surface area contributed by atoms with E-state index >= 15 is 0 Å². The van der Waals surface area contributed by atoms with Crippen molar-refractivity contribution in [2.75, 3.05) is 42.9 Å². The molecule has 1 aliphatic heterocycles. The lowest BCUT2D eigenvalue weighted by atomic mass is 9.98. The highest BCUT2D eigenvalue weighted by molar-refractivity contribution is 6.30. The second kappa shape index (κ2) is 8.95. The number of aliphatic hydroxyl groups is 1. The zero-order chi connectivity index (χ0) is 21.9. The molecular formula is C20H25ClF3N5O. The SMILES string of the molecule is CC1(C)CN(c2cc(NCC(O)c3ccc(Cl)cc3)ncn2)CCN1CC(F)(F)F. The number of hydrogen-bond acceptors (Lipinski definition) is 6. The van der Waals surface area contributed by atoms with Gasteiger partial charge in [-0.25, -0.2) is 9.97 Å². The smallest absolute Gasteiger partial charge is 0.387 e. The largest absolute Gasteiger partial charge is 0.401 e. The monoisotopic (exact) mass is 443 g/mol. The molecule has 2 aromatic rings. The third-order valence-electron chi connectivity index (χ3n) is 5.15. The first-order valence-corrected chi connectivity index (χ1v) is 9.97. The lowest BCUT2D eigenvalue weighted by Gasteiger charge is -2.47. The lowest BCUT2D eigenvalue weighted by molar-refractivity contribution is -0.158. The third kappa shape index (κ3) is 5.96. The summed E-state index contributed by atoms with van der Waals surface area (Å²) in [6.07, 6.45) is -3.57. The summed E-state index contributed by atoms with van der Waals surface area (Å²) in [6, 6.07) is 8.67. The molecule has 1 aliphatic rings. The van der Waals surface area contributed by atoms with Gasteiger partial charge in [-0.05, 0) is 31.5 Å². The van der Waals surface area contributed by atoms with E-state index < -0.39 is 24.4 Å². The molecule has 1 aromatic carbocycles. The number of alkyl halides is 3. The van der Waals surface area contributed by atoms with E-state index in [4.69, 9.17) is 11.6 Å². The summed E-state index contributed by atoms with van der Waals surface area (Å²) < 4.78 is 38.5. The van der Waals surface area contributed by atoms with Gasteiger partial charge in [0.25, 0.3) is 0 Å². The summed E-state index contributed by atoms with van der Waals surface area (Å²) in [5.74, 6) is 1.16. The van der Waals surface area contributed by atoms with Gasteiger partial charge in [0.2, 0.25) is 0 Å². The predicted molar refractivity (Wildman–Crippen MR) is 111 cm³/mol. The first-order chi connectivity index (χ1) is 14.0. The van der Waals surface area contributed by atoms with Gasteiger partial charge in [-0.15, -0.1) is 0 Å². The van der Waals surface area contributed by atoms with Crippen LogP contribution in [0.15, 0.2) is 36.7 Å². The van der Waals surface area contributed by atoms with Crippen molar-refractivity contribution >= 4 is 23.2 Å². The molecule has 2 heterocycles. The quantitative estimate of drug-likeness (QED) is 0.709. The number of aliphatic hydroxyl groups excluding tert-OH is 1. The molecule has 10 heteroatoms. The summed E-state index contributed by atoms with van der Waals surface area (Å²) >= 11 is 5.86. The molecule has 0 saturated carbocycles. The molecule has 0 amide bonds. The van der Waals surface area contributed by atoms with Gasteiger partial charge >= 0.3 is 6.18 Å². The van der Waals surface area contributed by atoms with Crippen LogP contribution in [0.2, 0.25) is 5.02 Å². The van der Waals surface area contributed by atoms with Gasteiger partial charge < -0.3 is 15.3 Å². The maximum absolute atomic E-state index is 12.8. The molecular weight excluding hydrogens is 419 g/mol. The number of nitrogens with zero attached hydrogens (tertiary/aromatic N) is 4. The fourth-order valence-corrected chi connectivity index (χ4v) is 3.64. The normalized spacial score (nSPS) is 18.3. The van der Waals surface area contributed by atoms with E-state index in [2.05, 4.69) is 15.3 Å². The second-order valence-electron chi connectivity index (χ2n) is 7.98. The summed E-state index contributed by atoms with van der Waals surface area (Å²) in [4.78, 5) is 11.9. The summed E-state index contributed by atoms with van der Waals surface area (Å²) in [6.45, 7) is 4.04. The molecule has 3 rings (SSSR count). The Morgan fingerprint density at radius 3 is 2.53 bits per heavy atom. The molecule has 1 aromatic heterocycles. The first-order valence-electron chi connectivity index (χ1n) is 9.60. The number of rotatable bonds is 6. The second-order valence-corrected chi connectivity index (χ2v) is 8.42. The van der Waals surface area contributed by atoms with Crippen LogP contribution in [0.5, 0.6) is 0 Å². The molecule has 164 valence electrons. The van der Waals surface area contributed by atoms with Crippen LogP contribution in [0.25, 0.3) is 0 Å². The van der Waals surface area contributed by atoms with E-state index in [0.29, 0.717) is 29.7 Å². The fraction of sp³-hybridized carbons (Fsp3) is 0.500.